The van der Waals surface area contributed by atoms with Gasteiger partial charge in [-0.25, -0.2) is 5.01 Å². The van der Waals surface area contributed by atoms with Crippen LogP contribution >= 0.6 is 0 Å². The zero-order valence-corrected chi connectivity index (χ0v) is 11.8. The molecule has 0 saturated carbocycles. The summed E-state index contributed by atoms with van der Waals surface area (Å²) in [4.78, 5) is 0. The highest BCUT2D eigenvalue weighted by atomic mass is 16.6. The number of nitrogens with zero attached hydrogens (tertiary/aromatic N) is 2. The summed E-state index contributed by atoms with van der Waals surface area (Å²) >= 11 is 0. The quantitative estimate of drug-likeness (QED) is 0.852. The van der Waals surface area contributed by atoms with Gasteiger partial charge in [-0.1, -0.05) is 48.5 Å². The molecule has 3 heterocycles. The van der Waals surface area contributed by atoms with Gasteiger partial charge in [-0.3, -0.25) is 0 Å². The Morgan fingerprint density at radius 2 is 1.68 bits per heavy atom. The maximum absolute atomic E-state index is 6.38. The first-order valence-electron chi connectivity index (χ1n) is 7.40. The first-order valence-corrected chi connectivity index (χ1v) is 7.40. The molecule has 0 bridgehead atoms. The fraction of sp³-hybridized carbons (Fsp3) is 0.167. The first kappa shape index (κ1) is 11.9. The molecule has 2 aromatic rings. The van der Waals surface area contributed by atoms with Gasteiger partial charge in [0.1, 0.15) is 5.92 Å². The second kappa shape index (κ2) is 4.13. The van der Waals surface area contributed by atoms with Crippen LogP contribution < -0.4 is 0 Å². The van der Waals surface area contributed by atoms with Gasteiger partial charge < -0.3 is 9.47 Å². The molecule has 3 aliphatic heterocycles. The second-order valence-electron chi connectivity index (χ2n) is 5.66. The van der Waals surface area contributed by atoms with E-state index in [1.807, 2.05) is 53.5 Å². The molecule has 3 aliphatic rings. The Hall–Kier alpha value is -2.75. The van der Waals surface area contributed by atoms with Gasteiger partial charge in [-0.2, -0.15) is 0 Å². The molecule has 1 saturated heterocycles. The highest BCUT2D eigenvalue weighted by molar-refractivity contribution is 5.95. The number of hydrogen-bond donors (Lipinski definition) is 0. The van der Waals surface area contributed by atoms with E-state index in [-0.39, 0.29) is 12.1 Å². The lowest BCUT2D eigenvalue weighted by Gasteiger charge is -2.52. The van der Waals surface area contributed by atoms with E-state index in [0.29, 0.717) is 5.90 Å². The van der Waals surface area contributed by atoms with Gasteiger partial charge in [0.25, 0.3) is 0 Å². The van der Waals surface area contributed by atoms with Crippen molar-refractivity contribution in [2.75, 3.05) is 0 Å². The Balaban J connectivity index is 1.60. The van der Waals surface area contributed by atoms with E-state index in [0.717, 1.165) is 11.1 Å². The maximum atomic E-state index is 6.38. The van der Waals surface area contributed by atoms with E-state index in [9.17, 15) is 0 Å². The van der Waals surface area contributed by atoms with Gasteiger partial charge in [0.15, 0.2) is 0 Å². The van der Waals surface area contributed by atoms with Crippen LogP contribution in [0.5, 0.6) is 0 Å². The third-order valence-electron chi connectivity index (χ3n) is 4.50. The summed E-state index contributed by atoms with van der Waals surface area (Å²) in [5.74, 6) is 0.802. The van der Waals surface area contributed by atoms with E-state index in [1.165, 1.54) is 0 Å². The molecule has 2 aromatic carbocycles. The Morgan fingerprint density at radius 3 is 2.45 bits per heavy atom. The first-order chi connectivity index (χ1) is 10.9. The van der Waals surface area contributed by atoms with Gasteiger partial charge in [0.05, 0.1) is 6.26 Å². The van der Waals surface area contributed by atoms with Crippen molar-refractivity contribution in [1.82, 2.24) is 5.01 Å². The number of fused-ring (bicyclic) bond motifs is 4. The molecule has 0 aliphatic carbocycles. The lowest BCUT2D eigenvalue weighted by atomic mass is 9.79. The van der Waals surface area contributed by atoms with E-state index < -0.39 is 5.72 Å². The van der Waals surface area contributed by atoms with E-state index in [4.69, 9.17) is 9.47 Å². The van der Waals surface area contributed by atoms with Crippen LogP contribution in [-0.2, 0) is 15.2 Å². The number of hydrazone groups is 1. The molecule has 0 unspecified atom stereocenters. The Morgan fingerprint density at radius 1 is 0.955 bits per heavy atom. The predicted molar refractivity (Wildman–Crippen MR) is 81.5 cm³/mol. The number of rotatable bonds is 2. The normalized spacial score (nSPS) is 30.7. The summed E-state index contributed by atoms with van der Waals surface area (Å²) in [7, 11) is 0. The van der Waals surface area contributed by atoms with Crippen LogP contribution in [0.1, 0.15) is 11.1 Å². The van der Waals surface area contributed by atoms with E-state index >= 15 is 0 Å². The van der Waals surface area contributed by atoms with Crippen molar-refractivity contribution in [1.29, 1.82) is 0 Å². The summed E-state index contributed by atoms with van der Waals surface area (Å²) < 4.78 is 12.0. The molecule has 3 atom stereocenters. The van der Waals surface area contributed by atoms with Gasteiger partial charge in [0, 0.05) is 11.1 Å². The minimum atomic E-state index is -0.579. The lowest BCUT2D eigenvalue weighted by Crippen LogP contribution is -2.66. The number of benzene rings is 2. The van der Waals surface area contributed by atoms with Crippen molar-refractivity contribution in [2.45, 2.75) is 12.0 Å². The molecule has 0 N–H and O–H groups in total. The smallest absolute Gasteiger partial charge is 0.241 e. The largest absolute Gasteiger partial charge is 0.476 e. The molecule has 0 radical (unpaired) electrons. The molecule has 0 aromatic heterocycles. The standard InChI is InChI=1S/C18H14N2O2/c1-3-7-13(8-4-1)16-19-20-17-15(11-12-21-17)18(20,22-16)14-9-5-2-6-10-14/h1-12,15,17H/t15-,17-,18+/m1/s1. The van der Waals surface area contributed by atoms with Crippen molar-refractivity contribution in [3.63, 3.8) is 0 Å². The fourth-order valence-corrected chi connectivity index (χ4v) is 3.45. The van der Waals surface area contributed by atoms with Crippen LogP contribution in [0, 0.1) is 5.92 Å². The molecule has 4 nitrogen and oxygen atoms in total. The van der Waals surface area contributed by atoms with Crippen molar-refractivity contribution >= 4 is 5.90 Å². The third-order valence-corrected chi connectivity index (χ3v) is 4.50. The van der Waals surface area contributed by atoms with E-state index in [2.05, 4.69) is 23.3 Å². The van der Waals surface area contributed by atoms with Crippen molar-refractivity contribution < 1.29 is 9.47 Å². The Kier molecular flexibility index (Phi) is 2.23. The average Bonchev–Trinajstić information content (AvgIpc) is 3.15. The molecule has 108 valence electrons. The molecule has 1 fully saturated rings. The zero-order chi connectivity index (χ0) is 14.6. The average molecular weight is 290 g/mol. The minimum Gasteiger partial charge on any atom is -0.476 e. The van der Waals surface area contributed by atoms with Crippen LogP contribution in [0.4, 0.5) is 0 Å². The van der Waals surface area contributed by atoms with Crippen LogP contribution in [0.3, 0.4) is 0 Å². The molecule has 22 heavy (non-hydrogen) atoms. The molecular formula is C18H14N2O2. The second-order valence-corrected chi connectivity index (χ2v) is 5.66. The van der Waals surface area contributed by atoms with E-state index in [1.54, 1.807) is 6.26 Å². The maximum Gasteiger partial charge on any atom is 0.241 e. The van der Waals surface area contributed by atoms with Crippen molar-refractivity contribution in [3.8, 4) is 0 Å². The van der Waals surface area contributed by atoms with Crippen LogP contribution in [-0.4, -0.2) is 17.1 Å². The van der Waals surface area contributed by atoms with Crippen molar-refractivity contribution in [3.05, 3.63) is 84.1 Å². The molecular weight excluding hydrogens is 276 g/mol. The van der Waals surface area contributed by atoms with Crippen LogP contribution in [0.2, 0.25) is 0 Å². The Labute approximate surface area is 128 Å². The molecule has 4 heteroatoms. The highest BCUT2D eigenvalue weighted by Crippen LogP contribution is 2.57. The van der Waals surface area contributed by atoms with Gasteiger partial charge in [-0.15, -0.1) is 5.10 Å². The monoisotopic (exact) mass is 290 g/mol. The summed E-state index contributed by atoms with van der Waals surface area (Å²) in [6.07, 6.45) is 3.75. The van der Waals surface area contributed by atoms with Gasteiger partial charge in [-0.05, 0) is 18.2 Å². The Bertz CT molecular complexity index is 772. The summed E-state index contributed by atoms with van der Waals surface area (Å²) in [5.41, 5.74) is 1.50. The number of hydrogen-bond acceptors (Lipinski definition) is 4. The summed E-state index contributed by atoms with van der Waals surface area (Å²) in [6, 6.07) is 20.2. The minimum absolute atomic E-state index is 0.0681. The van der Waals surface area contributed by atoms with Crippen LogP contribution in [0.25, 0.3) is 0 Å². The number of ether oxygens (including phenoxy) is 2. The van der Waals surface area contributed by atoms with Crippen LogP contribution in [0.15, 0.2) is 78.1 Å². The topological polar surface area (TPSA) is 34.1 Å². The zero-order valence-electron chi connectivity index (χ0n) is 11.8. The summed E-state index contributed by atoms with van der Waals surface area (Å²) in [5, 5.41) is 6.62. The van der Waals surface area contributed by atoms with Gasteiger partial charge in [0.2, 0.25) is 17.9 Å². The fourth-order valence-electron chi connectivity index (χ4n) is 3.45. The molecule has 0 amide bonds. The lowest BCUT2D eigenvalue weighted by molar-refractivity contribution is -0.281. The predicted octanol–water partition coefficient (Wildman–Crippen LogP) is 3.03. The summed E-state index contributed by atoms with van der Waals surface area (Å²) in [6.45, 7) is 0. The SMILES string of the molecule is C1=C[C@@H]2[C@@H](O1)N1N=C(c3ccccc3)O[C@@]21c1ccccc1. The highest BCUT2D eigenvalue weighted by Gasteiger charge is 2.69. The third kappa shape index (κ3) is 1.34. The van der Waals surface area contributed by atoms with Gasteiger partial charge >= 0.3 is 0 Å². The molecule has 0 spiro atoms. The molecule has 5 rings (SSSR count). The van der Waals surface area contributed by atoms with Crippen molar-refractivity contribution in [2.24, 2.45) is 11.0 Å².